The highest BCUT2D eigenvalue weighted by Gasteiger charge is 2.43. The number of nitrogens with one attached hydrogen (secondary N) is 3. The molecular weight excluding hydrogens is 442 g/mol. The number of nitrogens with zero attached hydrogens (tertiary/aromatic N) is 2. The van der Waals surface area contributed by atoms with E-state index >= 15 is 0 Å². The average Bonchev–Trinajstić information content (AvgIpc) is 3.28. The van der Waals surface area contributed by atoms with Crippen molar-refractivity contribution in [2.45, 2.75) is 45.1 Å². The number of amides is 3. The Labute approximate surface area is 208 Å². The molecule has 1 aliphatic carbocycles. The lowest BCUT2D eigenvalue weighted by Crippen LogP contribution is -2.53. The second-order valence-electron chi connectivity index (χ2n) is 9.32. The van der Waals surface area contributed by atoms with Gasteiger partial charge in [0.25, 0.3) is 0 Å². The molecule has 1 aliphatic heterocycles. The van der Waals surface area contributed by atoms with Crippen molar-refractivity contribution in [1.82, 2.24) is 25.4 Å². The van der Waals surface area contributed by atoms with Crippen LogP contribution < -0.4 is 10.6 Å². The van der Waals surface area contributed by atoms with Gasteiger partial charge in [-0.3, -0.25) is 24.2 Å². The summed E-state index contributed by atoms with van der Waals surface area (Å²) in [7, 11) is 1.93. The molecule has 3 atom stereocenters. The molecule has 1 saturated heterocycles. The third kappa shape index (κ3) is 6.18. The highest BCUT2D eigenvalue weighted by Crippen LogP contribution is 2.45. The number of aromatic amines is 1. The first-order valence-corrected chi connectivity index (χ1v) is 12.5. The van der Waals surface area contributed by atoms with Crippen molar-refractivity contribution in [3.05, 3.63) is 48.2 Å². The summed E-state index contributed by atoms with van der Waals surface area (Å²) in [5.74, 6) is -0.249. The van der Waals surface area contributed by atoms with E-state index in [1.165, 1.54) is 28.3 Å². The molecule has 8 nitrogen and oxygen atoms in total. The number of piperidine rings is 1. The third-order valence-corrected chi connectivity index (χ3v) is 7.00. The maximum absolute atomic E-state index is 13.3. The zero-order valence-corrected chi connectivity index (χ0v) is 21.2. The quantitative estimate of drug-likeness (QED) is 0.290. The molecule has 1 aromatic carbocycles. The Morgan fingerprint density at radius 1 is 1.34 bits per heavy atom. The molecule has 1 aromatic heterocycles. The molecule has 2 unspecified atom stereocenters. The van der Waals surface area contributed by atoms with Gasteiger partial charge in [-0.15, -0.1) is 6.58 Å². The molecule has 0 radical (unpaired) electrons. The zero-order chi connectivity index (χ0) is 25.4. The van der Waals surface area contributed by atoms with Crippen LogP contribution in [0.1, 0.15) is 43.7 Å². The Morgan fingerprint density at radius 2 is 2.11 bits per heavy atom. The lowest BCUT2D eigenvalue weighted by Gasteiger charge is -2.46. The Hall–Kier alpha value is -2.97. The van der Waals surface area contributed by atoms with Gasteiger partial charge in [-0.1, -0.05) is 25.1 Å². The van der Waals surface area contributed by atoms with Crippen LogP contribution in [-0.2, 0) is 20.8 Å². The largest absolute Gasteiger partial charge is 0.361 e. The molecule has 35 heavy (non-hydrogen) atoms. The van der Waals surface area contributed by atoms with Crippen molar-refractivity contribution >= 4 is 29.1 Å². The molecule has 0 bridgehead atoms. The number of carbonyl (C=O) groups excluding carboxylic acids is 3. The smallest absolute Gasteiger partial charge is 0.233 e. The molecular formula is C27H39N5O3. The van der Waals surface area contributed by atoms with Crippen molar-refractivity contribution in [2.75, 3.05) is 39.8 Å². The fraction of sp³-hybridized carbons (Fsp3) is 0.519. The van der Waals surface area contributed by atoms with Crippen molar-refractivity contribution in [3.63, 3.8) is 0 Å². The number of H-pyrrole nitrogens is 1. The summed E-state index contributed by atoms with van der Waals surface area (Å²) in [6, 6.07) is 6.67. The van der Waals surface area contributed by atoms with Gasteiger partial charge in [0, 0.05) is 62.2 Å². The number of carbonyl (C=O) groups is 3. The standard InChI is InChI=1S/C24H30N4O3.C3H9N/c1-3-9-27-14-18(24(31)28(15-29)10-5-8-25-16(2)30)11-20-19-6-4-7-21-23(19)17(13-26-21)12-22(20)27;1-3-4-2/h3-4,6-7,13,15,18,20,22,26H,1,5,8-12,14H2,2H3,(H,25,30);4H,3H2,1-2H3/t18-,20?,22?;/m1./s1. The fourth-order valence-electron chi connectivity index (χ4n) is 5.32. The van der Waals surface area contributed by atoms with Crippen LogP contribution in [0.3, 0.4) is 0 Å². The summed E-state index contributed by atoms with van der Waals surface area (Å²) < 4.78 is 0. The Kier molecular flexibility index (Phi) is 9.63. The molecule has 3 N–H and O–H groups in total. The third-order valence-electron chi connectivity index (χ3n) is 7.00. The van der Waals surface area contributed by atoms with E-state index in [9.17, 15) is 14.4 Å². The molecule has 2 aromatic rings. The monoisotopic (exact) mass is 481 g/mol. The number of imide groups is 1. The average molecular weight is 482 g/mol. The van der Waals surface area contributed by atoms with Crippen LogP contribution in [0, 0.1) is 5.92 Å². The van der Waals surface area contributed by atoms with Gasteiger partial charge in [-0.25, -0.2) is 0 Å². The maximum atomic E-state index is 13.3. The number of fused-ring (bicyclic) bond motifs is 2. The van der Waals surface area contributed by atoms with Crippen molar-refractivity contribution < 1.29 is 14.4 Å². The van der Waals surface area contributed by atoms with Gasteiger partial charge >= 0.3 is 0 Å². The van der Waals surface area contributed by atoms with E-state index in [-0.39, 0.29) is 23.7 Å². The topological polar surface area (TPSA) is 97.5 Å². The summed E-state index contributed by atoms with van der Waals surface area (Å²) in [6.07, 6.45) is 6.86. The van der Waals surface area contributed by atoms with Crippen molar-refractivity contribution in [1.29, 1.82) is 0 Å². The van der Waals surface area contributed by atoms with Crippen LogP contribution in [-0.4, -0.2) is 78.8 Å². The number of likely N-dealkylation sites (tertiary alicyclic amines) is 1. The molecule has 0 saturated carbocycles. The van der Waals surface area contributed by atoms with E-state index in [1.54, 1.807) is 0 Å². The predicted octanol–water partition coefficient (Wildman–Crippen LogP) is 2.42. The maximum Gasteiger partial charge on any atom is 0.233 e. The number of hydrogen-bond donors (Lipinski definition) is 3. The van der Waals surface area contributed by atoms with E-state index in [4.69, 9.17) is 0 Å². The predicted molar refractivity (Wildman–Crippen MR) is 139 cm³/mol. The summed E-state index contributed by atoms with van der Waals surface area (Å²) in [6.45, 7) is 10.6. The van der Waals surface area contributed by atoms with E-state index in [0.717, 1.165) is 24.9 Å². The van der Waals surface area contributed by atoms with Crippen molar-refractivity contribution in [2.24, 2.45) is 5.92 Å². The zero-order valence-electron chi connectivity index (χ0n) is 21.2. The van der Waals surface area contributed by atoms with Crippen LogP contribution in [0.4, 0.5) is 0 Å². The first-order chi connectivity index (χ1) is 16.9. The van der Waals surface area contributed by atoms with Crippen LogP contribution >= 0.6 is 0 Å². The minimum absolute atomic E-state index is 0.113. The normalized spacial score (nSPS) is 20.8. The number of benzene rings is 1. The minimum Gasteiger partial charge on any atom is -0.361 e. The van der Waals surface area contributed by atoms with E-state index < -0.39 is 0 Å². The van der Waals surface area contributed by atoms with Gasteiger partial charge in [-0.05, 0) is 50.0 Å². The Morgan fingerprint density at radius 3 is 2.77 bits per heavy atom. The first kappa shape index (κ1) is 26.6. The number of rotatable bonds is 9. The van der Waals surface area contributed by atoms with E-state index in [1.807, 2.05) is 13.1 Å². The van der Waals surface area contributed by atoms with Gasteiger partial charge < -0.3 is 15.6 Å². The summed E-state index contributed by atoms with van der Waals surface area (Å²) >= 11 is 0. The molecule has 2 heterocycles. The van der Waals surface area contributed by atoms with Gasteiger partial charge in [0.1, 0.15) is 0 Å². The van der Waals surface area contributed by atoms with E-state index in [0.29, 0.717) is 45.1 Å². The van der Waals surface area contributed by atoms with Crippen LogP contribution in [0.25, 0.3) is 10.9 Å². The first-order valence-electron chi connectivity index (χ1n) is 12.5. The molecule has 3 amide bonds. The molecule has 190 valence electrons. The summed E-state index contributed by atoms with van der Waals surface area (Å²) in [4.78, 5) is 43.0. The van der Waals surface area contributed by atoms with Gasteiger partial charge in [0.05, 0.1) is 5.92 Å². The molecule has 1 fully saturated rings. The molecule has 2 aliphatic rings. The SMILES string of the molecule is C=CCN1C[C@H](C(=O)N(C=O)CCCNC(C)=O)CC2c3cccc4[nH]cc(c34)CC21.CCNC. The molecule has 4 rings (SSSR count). The summed E-state index contributed by atoms with van der Waals surface area (Å²) in [5.41, 5.74) is 3.76. The second kappa shape index (κ2) is 12.7. The van der Waals surface area contributed by atoms with Crippen molar-refractivity contribution in [3.8, 4) is 0 Å². The van der Waals surface area contributed by atoms with Crippen LogP contribution in [0.5, 0.6) is 0 Å². The highest BCUT2D eigenvalue weighted by molar-refractivity contribution is 5.90. The number of hydrogen-bond acceptors (Lipinski definition) is 5. The second-order valence-corrected chi connectivity index (χ2v) is 9.32. The highest BCUT2D eigenvalue weighted by atomic mass is 16.2. The van der Waals surface area contributed by atoms with Crippen LogP contribution in [0.2, 0.25) is 0 Å². The Bertz CT molecular complexity index is 1030. The minimum atomic E-state index is -0.247. The molecule has 8 heteroatoms. The van der Waals surface area contributed by atoms with Gasteiger partial charge in [0.15, 0.2) is 0 Å². The fourth-order valence-corrected chi connectivity index (χ4v) is 5.32. The van der Waals surface area contributed by atoms with E-state index in [2.05, 4.69) is 58.4 Å². The lowest BCUT2D eigenvalue weighted by atomic mass is 9.72. The number of aromatic nitrogens is 1. The molecule has 0 spiro atoms. The van der Waals surface area contributed by atoms with Gasteiger partial charge in [-0.2, -0.15) is 0 Å². The summed E-state index contributed by atoms with van der Waals surface area (Å²) in [5, 5.41) is 6.93. The Balaban J connectivity index is 0.000000795. The van der Waals surface area contributed by atoms with Gasteiger partial charge in [0.2, 0.25) is 18.2 Å². The lowest BCUT2D eigenvalue weighted by molar-refractivity contribution is -0.143. The van der Waals surface area contributed by atoms with Crippen LogP contribution in [0.15, 0.2) is 37.1 Å².